The molecule has 2 heterocycles. The number of carboxylic acid groups (broad SMARTS) is 1. The van der Waals surface area contributed by atoms with Crippen molar-refractivity contribution in [2.24, 2.45) is 0 Å². The number of anilines is 1. The first-order valence-corrected chi connectivity index (χ1v) is 10.5. The Morgan fingerprint density at radius 1 is 1.22 bits per heavy atom. The number of carbonyl (C=O) groups excluding carboxylic acids is 1. The van der Waals surface area contributed by atoms with Gasteiger partial charge in [0.25, 0.3) is 0 Å². The fraction of sp³-hybridized carbons (Fsp3) is 0.500. The molecule has 8 nitrogen and oxygen atoms in total. The molecule has 0 spiro atoms. The van der Waals surface area contributed by atoms with Crippen molar-refractivity contribution in [3.63, 3.8) is 0 Å². The lowest BCUT2D eigenvalue weighted by Crippen LogP contribution is -2.40. The number of ether oxygens (including phenoxy) is 1. The van der Waals surface area contributed by atoms with Gasteiger partial charge < -0.3 is 24.6 Å². The maximum Gasteiger partial charge on any atom is 0.407 e. The number of pyridine rings is 1. The smallest absolute Gasteiger partial charge is 0.407 e. The lowest BCUT2D eigenvalue weighted by Gasteiger charge is -2.24. The van der Waals surface area contributed by atoms with Crippen LogP contribution in [0.4, 0.5) is 19.3 Å². The van der Waals surface area contributed by atoms with Crippen LogP contribution in [-0.4, -0.2) is 46.5 Å². The summed E-state index contributed by atoms with van der Waals surface area (Å²) >= 11 is 0. The molecule has 1 atom stereocenters. The van der Waals surface area contributed by atoms with E-state index >= 15 is 8.78 Å². The van der Waals surface area contributed by atoms with Crippen LogP contribution in [0.1, 0.15) is 56.4 Å². The van der Waals surface area contributed by atoms with E-state index in [1.165, 1.54) is 9.47 Å². The van der Waals surface area contributed by atoms with Gasteiger partial charge in [0.2, 0.25) is 5.43 Å². The quantitative estimate of drug-likeness (QED) is 0.742. The lowest BCUT2D eigenvalue weighted by molar-refractivity contribution is 0.0508. The number of aromatic nitrogens is 1. The summed E-state index contributed by atoms with van der Waals surface area (Å²) in [6.45, 7) is 5.67. The Morgan fingerprint density at radius 2 is 1.91 bits per heavy atom. The number of hydrogen-bond donors (Lipinski definition) is 2. The summed E-state index contributed by atoms with van der Waals surface area (Å²) in [5.74, 6) is -3.29. The fourth-order valence-electron chi connectivity index (χ4n) is 4.07. The summed E-state index contributed by atoms with van der Waals surface area (Å²) in [5, 5.41) is 11.8. The van der Waals surface area contributed by atoms with E-state index in [1.54, 1.807) is 20.8 Å². The Bertz CT molecular complexity index is 1170. The highest BCUT2D eigenvalue weighted by Gasteiger charge is 2.33. The summed E-state index contributed by atoms with van der Waals surface area (Å²) in [7, 11) is 0. The molecule has 10 heteroatoms. The second-order valence-electron chi connectivity index (χ2n) is 9.31. The van der Waals surface area contributed by atoms with Gasteiger partial charge in [0, 0.05) is 25.3 Å². The number of aromatic carboxylic acids is 1. The van der Waals surface area contributed by atoms with Crippen molar-refractivity contribution in [3.8, 4) is 0 Å². The van der Waals surface area contributed by atoms with E-state index in [4.69, 9.17) is 4.74 Å². The van der Waals surface area contributed by atoms with E-state index < -0.39 is 40.3 Å². The van der Waals surface area contributed by atoms with Crippen molar-refractivity contribution < 1.29 is 28.2 Å². The molecule has 1 unspecified atom stereocenters. The molecular formula is C22H25F2N3O5. The average molecular weight is 449 g/mol. The zero-order chi connectivity index (χ0) is 23.4. The molecule has 1 saturated carbocycles. The number of hydrogen-bond acceptors (Lipinski definition) is 5. The maximum absolute atomic E-state index is 15.7. The third-order valence-corrected chi connectivity index (χ3v) is 5.58. The largest absolute Gasteiger partial charge is 0.477 e. The van der Waals surface area contributed by atoms with Gasteiger partial charge in [-0.2, -0.15) is 0 Å². The number of rotatable bonds is 4. The van der Waals surface area contributed by atoms with Crippen LogP contribution in [0.25, 0.3) is 10.9 Å². The Morgan fingerprint density at radius 3 is 2.50 bits per heavy atom. The molecule has 1 aliphatic carbocycles. The van der Waals surface area contributed by atoms with Crippen molar-refractivity contribution in [3.05, 3.63) is 39.7 Å². The minimum atomic E-state index is -1.44. The van der Waals surface area contributed by atoms with E-state index in [2.05, 4.69) is 5.32 Å². The second kappa shape index (κ2) is 7.75. The summed E-state index contributed by atoms with van der Waals surface area (Å²) in [4.78, 5) is 37.6. The van der Waals surface area contributed by atoms with E-state index in [0.717, 1.165) is 25.1 Å². The van der Waals surface area contributed by atoms with Gasteiger partial charge in [-0.25, -0.2) is 18.4 Å². The van der Waals surface area contributed by atoms with E-state index in [1.807, 2.05) is 0 Å². The first-order chi connectivity index (χ1) is 15.0. The fourth-order valence-corrected chi connectivity index (χ4v) is 4.07. The van der Waals surface area contributed by atoms with Gasteiger partial charge in [0.15, 0.2) is 5.82 Å². The molecule has 1 saturated heterocycles. The normalized spacial score (nSPS) is 18.8. The number of alkyl carbamates (subject to hydrolysis) is 1. The first kappa shape index (κ1) is 22.0. The van der Waals surface area contributed by atoms with Gasteiger partial charge in [0.1, 0.15) is 22.7 Å². The summed E-state index contributed by atoms with van der Waals surface area (Å²) in [6.07, 6.45) is 2.44. The van der Waals surface area contributed by atoms with E-state index in [0.29, 0.717) is 13.0 Å². The summed E-state index contributed by atoms with van der Waals surface area (Å²) in [5.41, 5.74) is -2.48. The first-order valence-electron chi connectivity index (χ1n) is 10.5. The van der Waals surface area contributed by atoms with Crippen LogP contribution in [0, 0.1) is 11.6 Å². The third kappa shape index (κ3) is 4.13. The predicted octanol–water partition coefficient (Wildman–Crippen LogP) is 3.42. The van der Waals surface area contributed by atoms with Crippen molar-refractivity contribution >= 4 is 28.7 Å². The minimum absolute atomic E-state index is 0.0950. The highest BCUT2D eigenvalue weighted by Crippen LogP contribution is 2.40. The van der Waals surface area contributed by atoms with E-state index in [9.17, 15) is 19.5 Å². The van der Waals surface area contributed by atoms with Crippen molar-refractivity contribution in [2.45, 2.75) is 57.7 Å². The van der Waals surface area contributed by atoms with Gasteiger partial charge in [-0.1, -0.05) is 0 Å². The lowest BCUT2D eigenvalue weighted by atomic mass is 10.1. The Hall–Kier alpha value is -3.17. The van der Waals surface area contributed by atoms with Gasteiger partial charge in [0.05, 0.1) is 16.9 Å². The molecule has 1 aromatic carbocycles. The molecule has 1 aromatic heterocycles. The standard InChI is InChI=1S/C22H25F2N3O5/c1-22(2,3)32-21(31)25-11-6-7-26(9-11)18-15(23)8-13-17(16(18)24)27(12-4-5-12)10-14(19(13)28)20(29)30/h8,10-12H,4-7,9H2,1-3H3,(H,25,31)(H,29,30). The number of carboxylic acids is 1. The minimum Gasteiger partial charge on any atom is -0.477 e. The van der Waals surface area contributed by atoms with Crippen molar-refractivity contribution in [1.82, 2.24) is 9.88 Å². The van der Waals surface area contributed by atoms with Gasteiger partial charge in [-0.3, -0.25) is 4.79 Å². The zero-order valence-electron chi connectivity index (χ0n) is 18.1. The van der Waals surface area contributed by atoms with Crippen molar-refractivity contribution in [2.75, 3.05) is 18.0 Å². The van der Waals surface area contributed by atoms with Gasteiger partial charge >= 0.3 is 12.1 Å². The average Bonchev–Trinajstić information content (AvgIpc) is 3.41. The van der Waals surface area contributed by atoms with Crippen molar-refractivity contribution in [1.29, 1.82) is 0 Å². The Kier molecular flexibility index (Phi) is 5.34. The number of carbonyl (C=O) groups is 2. The molecule has 2 aliphatic rings. The molecular weight excluding hydrogens is 424 g/mol. The molecule has 1 amide bonds. The molecule has 2 fully saturated rings. The molecule has 2 N–H and O–H groups in total. The number of halogens is 2. The van der Waals surface area contributed by atoms with Crippen LogP contribution in [0.2, 0.25) is 0 Å². The van der Waals surface area contributed by atoms with Crippen LogP contribution in [0.15, 0.2) is 17.1 Å². The highest BCUT2D eigenvalue weighted by atomic mass is 19.1. The second-order valence-corrected chi connectivity index (χ2v) is 9.31. The Labute approximate surface area is 182 Å². The third-order valence-electron chi connectivity index (χ3n) is 5.58. The number of nitrogens with one attached hydrogen (secondary N) is 1. The molecule has 0 radical (unpaired) electrons. The monoisotopic (exact) mass is 449 g/mol. The summed E-state index contributed by atoms with van der Waals surface area (Å²) in [6, 6.07) is 0.416. The zero-order valence-corrected chi connectivity index (χ0v) is 18.1. The van der Waals surface area contributed by atoms with Gasteiger partial charge in [-0.05, 0) is 46.1 Å². The number of fused-ring (bicyclic) bond motifs is 1. The molecule has 172 valence electrons. The van der Waals surface area contributed by atoms with Gasteiger partial charge in [-0.15, -0.1) is 0 Å². The number of nitrogens with zero attached hydrogens (tertiary/aromatic N) is 2. The number of benzene rings is 1. The van der Waals surface area contributed by atoms with Crippen LogP contribution < -0.4 is 15.6 Å². The van der Waals surface area contributed by atoms with E-state index in [-0.39, 0.29) is 35.2 Å². The summed E-state index contributed by atoms with van der Waals surface area (Å²) < 4.78 is 37.3. The molecule has 0 bridgehead atoms. The van der Waals surface area contributed by atoms with Crippen LogP contribution in [0.3, 0.4) is 0 Å². The maximum atomic E-state index is 15.7. The predicted molar refractivity (Wildman–Crippen MR) is 113 cm³/mol. The Balaban J connectivity index is 1.69. The molecule has 32 heavy (non-hydrogen) atoms. The van der Waals surface area contributed by atoms with Crippen LogP contribution in [0.5, 0.6) is 0 Å². The number of amides is 1. The SMILES string of the molecule is CC(C)(C)OC(=O)NC1CCN(c2c(F)cc3c(=O)c(C(=O)O)cn(C4CC4)c3c2F)C1. The van der Waals surface area contributed by atoms with Crippen LogP contribution >= 0.6 is 0 Å². The molecule has 2 aromatic rings. The molecule has 4 rings (SSSR count). The highest BCUT2D eigenvalue weighted by molar-refractivity contribution is 5.94. The van der Waals surface area contributed by atoms with Crippen LogP contribution in [-0.2, 0) is 4.74 Å². The molecule has 1 aliphatic heterocycles. The topological polar surface area (TPSA) is 101 Å².